The van der Waals surface area contributed by atoms with E-state index < -0.39 is 0 Å². The monoisotopic (exact) mass is 419 g/mol. The van der Waals surface area contributed by atoms with Crippen molar-refractivity contribution < 1.29 is 9.53 Å². The van der Waals surface area contributed by atoms with Gasteiger partial charge in [-0.1, -0.05) is 12.5 Å². The van der Waals surface area contributed by atoms with Crippen molar-refractivity contribution in [1.29, 1.82) is 0 Å². The number of benzene rings is 1. The number of ether oxygens (including phenoxy) is 1. The first-order valence-corrected chi connectivity index (χ1v) is 7.24. The number of rotatable bonds is 7. The Morgan fingerprint density at radius 1 is 1.23 bits per heavy atom. The van der Waals surface area contributed by atoms with Gasteiger partial charge in [0.1, 0.15) is 0 Å². The van der Waals surface area contributed by atoms with E-state index >= 15 is 0 Å². The second-order valence-corrected chi connectivity index (χ2v) is 5.08. The molecule has 0 saturated carbocycles. The minimum Gasteiger partial charge on any atom is -0.469 e. The summed E-state index contributed by atoms with van der Waals surface area (Å²) >= 11 is 0. The number of carbonyl (C=O) groups excluding carboxylic acids is 1. The minimum atomic E-state index is -0.158. The summed E-state index contributed by atoms with van der Waals surface area (Å²) in [6.45, 7) is 4.80. The average molecular weight is 419 g/mol. The Labute approximate surface area is 149 Å². The number of nitrogens with one attached hydrogen (secondary N) is 1. The predicted octanol–water partition coefficient (Wildman–Crippen LogP) is 3.38. The Kier molecular flexibility index (Phi) is 10.6. The lowest BCUT2D eigenvalue weighted by molar-refractivity contribution is -0.140. The molecule has 22 heavy (non-hydrogen) atoms. The molecule has 0 aliphatic heterocycles. The summed E-state index contributed by atoms with van der Waals surface area (Å²) in [6, 6.07) is 6.09. The zero-order valence-electron chi connectivity index (χ0n) is 13.5. The summed E-state index contributed by atoms with van der Waals surface area (Å²) < 4.78 is 4.58. The molecule has 124 valence electrons. The van der Waals surface area contributed by atoms with Crippen LogP contribution in [0.25, 0.3) is 0 Å². The Morgan fingerprint density at radius 3 is 2.59 bits per heavy atom. The first-order chi connectivity index (χ1) is 10.0. The van der Waals surface area contributed by atoms with Gasteiger partial charge in [-0.05, 0) is 49.9 Å². The number of nitrogens with zero attached hydrogens (tertiary/aromatic N) is 1. The molecule has 1 rings (SSSR count). The van der Waals surface area contributed by atoms with Crippen molar-refractivity contribution in [2.75, 3.05) is 19.0 Å². The number of carbonyl (C=O) groups is 1. The molecule has 0 aliphatic rings. The zero-order valence-corrected chi connectivity index (χ0v) is 15.8. The third-order valence-corrected chi connectivity index (χ3v) is 3.33. The second kappa shape index (κ2) is 11.3. The van der Waals surface area contributed by atoms with Gasteiger partial charge in [0.25, 0.3) is 0 Å². The molecular formula is C16H26IN3O2. The number of methoxy groups -OCH3 is 1. The summed E-state index contributed by atoms with van der Waals surface area (Å²) in [5.74, 6) is 0.264. The maximum Gasteiger partial charge on any atom is 0.305 e. The van der Waals surface area contributed by atoms with Gasteiger partial charge in [-0.15, -0.1) is 24.0 Å². The molecule has 0 atom stereocenters. The average Bonchev–Trinajstić information content (AvgIpc) is 2.46. The highest BCUT2D eigenvalue weighted by atomic mass is 127. The summed E-state index contributed by atoms with van der Waals surface area (Å²) in [4.78, 5) is 15.2. The highest BCUT2D eigenvalue weighted by Crippen LogP contribution is 2.13. The molecule has 0 radical (unpaired) electrons. The van der Waals surface area contributed by atoms with Crippen LogP contribution in [0.1, 0.15) is 36.8 Å². The molecule has 0 aliphatic carbocycles. The van der Waals surface area contributed by atoms with Crippen LogP contribution in [0.5, 0.6) is 0 Å². The van der Waals surface area contributed by atoms with E-state index in [1.807, 2.05) is 12.1 Å². The smallest absolute Gasteiger partial charge is 0.305 e. The van der Waals surface area contributed by atoms with E-state index in [9.17, 15) is 4.79 Å². The Balaban J connectivity index is 0.00000441. The maximum absolute atomic E-state index is 10.9. The van der Waals surface area contributed by atoms with Gasteiger partial charge in [-0.3, -0.25) is 9.79 Å². The first kappa shape index (κ1) is 20.7. The number of hydrogen-bond donors (Lipinski definition) is 2. The Hall–Kier alpha value is -1.31. The van der Waals surface area contributed by atoms with Crippen LogP contribution in [0.2, 0.25) is 0 Å². The molecule has 5 nitrogen and oxygen atoms in total. The van der Waals surface area contributed by atoms with E-state index in [2.05, 4.69) is 35.0 Å². The molecule has 0 aromatic heterocycles. The Morgan fingerprint density at radius 2 is 1.95 bits per heavy atom. The van der Waals surface area contributed by atoms with Crippen LogP contribution in [-0.4, -0.2) is 25.6 Å². The van der Waals surface area contributed by atoms with Crippen LogP contribution in [0, 0.1) is 13.8 Å². The fraction of sp³-hybridized carbons (Fsp3) is 0.500. The lowest BCUT2D eigenvalue weighted by Gasteiger charge is -2.08. The van der Waals surface area contributed by atoms with Crippen molar-refractivity contribution in [3.05, 3.63) is 29.3 Å². The van der Waals surface area contributed by atoms with Crippen molar-refractivity contribution >= 4 is 41.6 Å². The van der Waals surface area contributed by atoms with Gasteiger partial charge in [-0.25, -0.2) is 0 Å². The molecule has 0 bridgehead atoms. The molecule has 1 aromatic carbocycles. The highest BCUT2D eigenvalue weighted by Gasteiger charge is 2.00. The minimum absolute atomic E-state index is 0. The number of aryl methyl sites for hydroxylation is 2. The van der Waals surface area contributed by atoms with Crippen LogP contribution < -0.4 is 11.1 Å². The number of unbranched alkanes of at least 4 members (excludes halogenated alkanes) is 2. The van der Waals surface area contributed by atoms with Crippen molar-refractivity contribution in [2.45, 2.75) is 39.5 Å². The zero-order chi connectivity index (χ0) is 15.7. The van der Waals surface area contributed by atoms with Crippen molar-refractivity contribution in [1.82, 2.24) is 0 Å². The van der Waals surface area contributed by atoms with E-state index in [0.717, 1.165) is 24.9 Å². The van der Waals surface area contributed by atoms with Crippen LogP contribution in [0.4, 0.5) is 5.69 Å². The highest BCUT2D eigenvalue weighted by molar-refractivity contribution is 14.0. The maximum atomic E-state index is 10.9. The number of esters is 1. The molecule has 0 unspecified atom stereocenters. The van der Waals surface area contributed by atoms with Gasteiger partial charge in [0, 0.05) is 18.7 Å². The van der Waals surface area contributed by atoms with E-state index in [1.54, 1.807) is 0 Å². The summed E-state index contributed by atoms with van der Waals surface area (Å²) in [5.41, 5.74) is 9.26. The van der Waals surface area contributed by atoms with Gasteiger partial charge in [-0.2, -0.15) is 0 Å². The normalized spacial score (nSPS) is 10.8. The van der Waals surface area contributed by atoms with Gasteiger partial charge >= 0.3 is 5.97 Å². The molecule has 0 saturated heterocycles. The quantitative estimate of drug-likeness (QED) is 0.234. The molecule has 3 N–H and O–H groups in total. The summed E-state index contributed by atoms with van der Waals surface area (Å²) in [7, 11) is 1.41. The number of nitrogens with two attached hydrogens (primary N) is 1. The molecule has 6 heteroatoms. The van der Waals surface area contributed by atoms with Gasteiger partial charge in [0.2, 0.25) is 0 Å². The van der Waals surface area contributed by atoms with Gasteiger partial charge < -0.3 is 15.8 Å². The van der Waals surface area contributed by atoms with Crippen LogP contribution in [0.3, 0.4) is 0 Å². The molecule has 0 heterocycles. The van der Waals surface area contributed by atoms with Crippen LogP contribution in [-0.2, 0) is 9.53 Å². The summed E-state index contributed by atoms with van der Waals surface area (Å²) in [6.07, 6.45) is 3.14. The molecule has 1 aromatic rings. The van der Waals surface area contributed by atoms with Gasteiger partial charge in [0.05, 0.1) is 7.11 Å². The van der Waals surface area contributed by atoms with E-state index in [-0.39, 0.29) is 29.9 Å². The fourth-order valence-corrected chi connectivity index (χ4v) is 1.87. The van der Waals surface area contributed by atoms with Crippen LogP contribution in [0.15, 0.2) is 23.2 Å². The fourth-order valence-electron chi connectivity index (χ4n) is 1.87. The number of halogens is 1. The number of guanidine groups is 1. The molecule has 0 spiro atoms. The topological polar surface area (TPSA) is 76.7 Å². The molecule has 0 amide bonds. The third kappa shape index (κ3) is 8.21. The number of aliphatic imine (C=N–C) groups is 1. The van der Waals surface area contributed by atoms with Crippen molar-refractivity contribution in [3.8, 4) is 0 Å². The third-order valence-electron chi connectivity index (χ3n) is 3.33. The number of hydrogen-bond acceptors (Lipinski definition) is 3. The largest absolute Gasteiger partial charge is 0.469 e. The molecular weight excluding hydrogens is 393 g/mol. The molecule has 0 fully saturated rings. The SMILES string of the molecule is COC(=O)CCCCCN=C(N)Nc1ccc(C)c(C)c1.I. The van der Waals surface area contributed by atoms with E-state index in [4.69, 9.17) is 5.73 Å². The van der Waals surface area contributed by atoms with Crippen molar-refractivity contribution in [3.63, 3.8) is 0 Å². The summed E-state index contributed by atoms with van der Waals surface area (Å²) in [5, 5.41) is 3.08. The van der Waals surface area contributed by atoms with Crippen molar-refractivity contribution in [2.24, 2.45) is 10.7 Å². The standard InChI is InChI=1S/C16H25N3O2.HI/c1-12-8-9-14(11-13(12)2)19-16(17)18-10-6-4-5-7-15(20)21-3;/h8-9,11H,4-7,10H2,1-3H3,(H3,17,18,19);1H. The van der Waals surface area contributed by atoms with E-state index in [1.165, 1.54) is 18.2 Å². The number of anilines is 1. The van der Waals surface area contributed by atoms with Crippen LogP contribution >= 0.6 is 24.0 Å². The van der Waals surface area contributed by atoms with E-state index in [0.29, 0.717) is 18.9 Å². The lowest BCUT2D eigenvalue weighted by atomic mass is 10.1. The Bertz CT molecular complexity index is 504. The first-order valence-electron chi connectivity index (χ1n) is 7.24. The van der Waals surface area contributed by atoms with Gasteiger partial charge in [0.15, 0.2) is 5.96 Å². The predicted molar refractivity (Wildman–Crippen MR) is 102 cm³/mol. The lowest BCUT2D eigenvalue weighted by Crippen LogP contribution is -2.22. The second-order valence-electron chi connectivity index (χ2n) is 5.08.